The first-order valence-corrected chi connectivity index (χ1v) is 5.70. The molecule has 5 heteroatoms. The zero-order valence-corrected chi connectivity index (χ0v) is 9.86. The molecule has 1 fully saturated rings. The van der Waals surface area contributed by atoms with Crippen molar-refractivity contribution >= 4 is 23.1 Å². The van der Waals surface area contributed by atoms with Crippen LogP contribution < -0.4 is 11.1 Å². The molecule has 0 radical (unpaired) electrons. The molecule has 0 spiro atoms. The van der Waals surface area contributed by atoms with E-state index in [4.69, 9.17) is 22.7 Å². The third-order valence-electron chi connectivity index (χ3n) is 2.79. The Morgan fingerprint density at radius 2 is 2.13 bits per heavy atom. The third kappa shape index (κ3) is 2.66. The zero-order chi connectivity index (χ0) is 11.3. The van der Waals surface area contributed by atoms with Gasteiger partial charge >= 0.3 is 0 Å². The highest BCUT2D eigenvalue weighted by Crippen LogP contribution is 2.31. The number of hydrogen-bond donors (Lipinski definition) is 2. The van der Waals surface area contributed by atoms with Crippen molar-refractivity contribution in [1.29, 1.82) is 0 Å². The van der Waals surface area contributed by atoms with Crippen molar-refractivity contribution in [2.24, 2.45) is 11.1 Å². The Kier molecular flexibility index (Phi) is 4.47. The van der Waals surface area contributed by atoms with Crippen LogP contribution in [0.3, 0.4) is 0 Å². The first-order chi connectivity index (χ1) is 7.13. The fourth-order valence-electron chi connectivity index (χ4n) is 1.71. The molecule has 0 aromatic heterocycles. The second-order valence-electron chi connectivity index (χ2n) is 3.81. The number of ether oxygens (including phenoxy) is 1. The standard InChI is InChI=1S/C10H18N2O2S/c1-2-5-12-9(13)10(8(11)15)3-6-14-7-4-10/h2-7H2,1H3,(H2,11,15)(H,12,13). The van der Waals surface area contributed by atoms with Crippen molar-refractivity contribution in [2.75, 3.05) is 19.8 Å². The van der Waals surface area contributed by atoms with E-state index in [1.165, 1.54) is 0 Å². The lowest BCUT2D eigenvalue weighted by Gasteiger charge is -2.34. The molecule has 0 saturated carbocycles. The van der Waals surface area contributed by atoms with Gasteiger partial charge in [-0.05, 0) is 19.3 Å². The zero-order valence-electron chi connectivity index (χ0n) is 9.04. The average Bonchev–Trinajstić information content (AvgIpc) is 2.26. The van der Waals surface area contributed by atoms with Crippen molar-refractivity contribution in [2.45, 2.75) is 26.2 Å². The Hall–Kier alpha value is -0.680. The van der Waals surface area contributed by atoms with Crippen LogP contribution in [0.2, 0.25) is 0 Å². The average molecular weight is 230 g/mol. The van der Waals surface area contributed by atoms with E-state index in [0.717, 1.165) is 6.42 Å². The number of thiocarbonyl (C=S) groups is 1. The lowest BCUT2D eigenvalue weighted by atomic mass is 9.79. The largest absolute Gasteiger partial charge is 0.392 e. The maximum absolute atomic E-state index is 12.0. The molecule has 0 bridgehead atoms. The molecule has 0 aliphatic carbocycles. The van der Waals surface area contributed by atoms with E-state index in [0.29, 0.717) is 37.6 Å². The second kappa shape index (κ2) is 5.42. The van der Waals surface area contributed by atoms with Gasteiger partial charge in [-0.1, -0.05) is 19.1 Å². The monoisotopic (exact) mass is 230 g/mol. The predicted octanol–water partition coefficient (Wildman–Crippen LogP) is 0.595. The molecule has 15 heavy (non-hydrogen) atoms. The first kappa shape index (κ1) is 12.4. The van der Waals surface area contributed by atoms with Crippen LogP contribution >= 0.6 is 12.2 Å². The van der Waals surface area contributed by atoms with E-state index in [-0.39, 0.29) is 5.91 Å². The molecular weight excluding hydrogens is 212 g/mol. The summed E-state index contributed by atoms with van der Waals surface area (Å²) in [5, 5.41) is 2.86. The molecule has 0 atom stereocenters. The van der Waals surface area contributed by atoms with Crippen molar-refractivity contribution in [3.63, 3.8) is 0 Å². The maximum atomic E-state index is 12.0. The number of nitrogens with one attached hydrogen (secondary N) is 1. The summed E-state index contributed by atoms with van der Waals surface area (Å²) in [4.78, 5) is 12.3. The van der Waals surface area contributed by atoms with Gasteiger partial charge in [-0.25, -0.2) is 0 Å². The minimum atomic E-state index is -0.678. The summed E-state index contributed by atoms with van der Waals surface area (Å²) in [5.41, 5.74) is 5.01. The summed E-state index contributed by atoms with van der Waals surface area (Å²) in [5.74, 6) is -0.0415. The molecule has 3 N–H and O–H groups in total. The van der Waals surface area contributed by atoms with E-state index in [1.54, 1.807) is 0 Å². The number of nitrogens with two attached hydrogens (primary N) is 1. The number of amides is 1. The van der Waals surface area contributed by atoms with Gasteiger partial charge in [-0.15, -0.1) is 0 Å². The third-order valence-corrected chi connectivity index (χ3v) is 3.18. The van der Waals surface area contributed by atoms with Crippen LogP contribution in [0.5, 0.6) is 0 Å². The van der Waals surface area contributed by atoms with Crippen LogP contribution in [0.25, 0.3) is 0 Å². The molecule has 0 aromatic rings. The van der Waals surface area contributed by atoms with E-state index < -0.39 is 5.41 Å². The topological polar surface area (TPSA) is 64.4 Å². The van der Waals surface area contributed by atoms with Crippen molar-refractivity contribution in [3.8, 4) is 0 Å². The van der Waals surface area contributed by atoms with Crippen molar-refractivity contribution in [3.05, 3.63) is 0 Å². The van der Waals surface area contributed by atoms with E-state index in [9.17, 15) is 4.79 Å². The summed E-state index contributed by atoms with van der Waals surface area (Å²) in [6.45, 7) is 3.79. The molecule has 4 nitrogen and oxygen atoms in total. The minimum Gasteiger partial charge on any atom is -0.392 e. The van der Waals surface area contributed by atoms with Crippen LogP contribution in [0, 0.1) is 5.41 Å². The summed E-state index contributed by atoms with van der Waals surface area (Å²) in [7, 11) is 0. The Labute approximate surface area is 95.5 Å². The van der Waals surface area contributed by atoms with Gasteiger partial charge in [0.15, 0.2) is 0 Å². The normalized spacial score (nSPS) is 19.5. The molecule has 1 aliphatic rings. The number of hydrogen-bond acceptors (Lipinski definition) is 3. The van der Waals surface area contributed by atoms with Gasteiger partial charge < -0.3 is 15.8 Å². The van der Waals surface area contributed by atoms with Gasteiger partial charge in [0.25, 0.3) is 0 Å². The van der Waals surface area contributed by atoms with Crippen LogP contribution in [0.1, 0.15) is 26.2 Å². The molecular formula is C10H18N2O2S. The SMILES string of the molecule is CCCNC(=O)C1(C(N)=S)CCOCC1. The van der Waals surface area contributed by atoms with Crippen LogP contribution in [0.15, 0.2) is 0 Å². The van der Waals surface area contributed by atoms with Crippen molar-refractivity contribution in [1.82, 2.24) is 5.32 Å². The Bertz CT molecular complexity index is 250. The fourth-order valence-corrected chi connectivity index (χ4v) is 2.01. The predicted molar refractivity (Wildman–Crippen MR) is 62.6 cm³/mol. The van der Waals surface area contributed by atoms with Gasteiger partial charge in [-0.3, -0.25) is 4.79 Å². The fraction of sp³-hybridized carbons (Fsp3) is 0.800. The van der Waals surface area contributed by atoms with Crippen LogP contribution in [-0.2, 0) is 9.53 Å². The van der Waals surface area contributed by atoms with Gasteiger partial charge in [0.2, 0.25) is 5.91 Å². The highest BCUT2D eigenvalue weighted by molar-refractivity contribution is 7.80. The molecule has 1 amide bonds. The lowest BCUT2D eigenvalue weighted by molar-refractivity contribution is -0.131. The Balaban J connectivity index is 2.71. The number of carbonyl (C=O) groups excluding carboxylic acids is 1. The van der Waals surface area contributed by atoms with E-state index in [1.807, 2.05) is 6.92 Å². The summed E-state index contributed by atoms with van der Waals surface area (Å²) >= 11 is 5.02. The van der Waals surface area contributed by atoms with Gasteiger partial charge in [0.05, 0.1) is 4.99 Å². The molecule has 1 saturated heterocycles. The Morgan fingerprint density at radius 3 is 2.60 bits per heavy atom. The van der Waals surface area contributed by atoms with Crippen molar-refractivity contribution < 1.29 is 9.53 Å². The summed E-state index contributed by atoms with van der Waals surface area (Å²) in [6, 6.07) is 0. The molecule has 1 heterocycles. The summed E-state index contributed by atoms with van der Waals surface area (Å²) in [6.07, 6.45) is 2.10. The first-order valence-electron chi connectivity index (χ1n) is 5.29. The highest BCUT2D eigenvalue weighted by Gasteiger charge is 2.42. The molecule has 0 aromatic carbocycles. The number of rotatable bonds is 4. The van der Waals surface area contributed by atoms with E-state index >= 15 is 0 Å². The Morgan fingerprint density at radius 1 is 1.53 bits per heavy atom. The van der Waals surface area contributed by atoms with Gasteiger partial charge in [0.1, 0.15) is 5.41 Å². The highest BCUT2D eigenvalue weighted by atomic mass is 32.1. The smallest absolute Gasteiger partial charge is 0.233 e. The van der Waals surface area contributed by atoms with Crippen LogP contribution in [-0.4, -0.2) is 30.7 Å². The van der Waals surface area contributed by atoms with Gasteiger partial charge in [-0.2, -0.15) is 0 Å². The van der Waals surface area contributed by atoms with Gasteiger partial charge in [0, 0.05) is 19.8 Å². The lowest BCUT2D eigenvalue weighted by Crippen LogP contribution is -2.52. The molecule has 0 unspecified atom stereocenters. The quantitative estimate of drug-likeness (QED) is 0.694. The molecule has 86 valence electrons. The summed E-state index contributed by atoms with van der Waals surface area (Å²) < 4.78 is 5.23. The van der Waals surface area contributed by atoms with E-state index in [2.05, 4.69) is 5.32 Å². The van der Waals surface area contributed by atoms with Crippen LogP contribution in [0.4, 0.5) is 0 Å². The molecule has 1 rings (SSSR count). The maximum Gasteiger partial charge on any atom is 0.233 e. The molecule has 1 aliphatic heterocycles. The minimum absolute atomic E-state index is 0.0415. The number of carbonyl (C=O) groups is 1. The second-order valence-corrected chi connectivity index (χ2v) is 4.25.